The van der Waals surface area contributed by atoms with E-state index in [-0.39, 0.29) is 18.5 Å². The number of ether oxygens (including phenoxy) is 1. The SMILES string of the molecule is CC1CN(S(=O)(=O)Cc2cccc(CO)c2)CC(C)(C)O1. The van der Waals surface area contributed by atoms with E-state index < -0.39 is 15.6 Å². The van der Waals surface area contributed by atoms with Gasteiger partial charge in [-0.3, -0.25) is 0 Å². The average molecular weight is 313 g/mol. The van der Waals surface area contributed by atoms with Gasteiger partial charge in [0.15, 0.2) is 0 Å². The molecule has 0 saturated carbocycles. The first kappa shape index (κ1) is 16.4. The number of hydrogen-bond acceptors (Lipinski definition) is 4. The van der Waals surface area contributed by atoms with E-state index in [0.29, 0.717) is 18.7 Å². The molecule has 1 aromatic rings. The van der Waals surface area contributed by atoms with Crippen LogP contribution < -0.4 is 0 Å². The molecule has 1 fully saturated rings. The Morgan fingerprint density at radius 1 is 1.38 bits per heavy atom. The highest BCUT2D eigenvalue weighted by molar-refractivity contribution is 7.88. The van der Waals surface area contributed by atoms with Crippen LogP contribution in [0, 0.1) is 0 Å². The van der Waals surface area contributed by atoms with Crippen LogP contribution in [0.3, 0.4) is 0 Å². The number of morpholine rings is 1. The van der Waals surface area contributed by atoms with Crippen LogP contribution in [0.4, 0.5) is 0 Å². The van der Waals surface area contributed by atoms with Crippen molar-refractivity contribution in [3.63, 3.8) is 0 Å². The van der Waals surface area contributed by atoms with E-state index in [1.165, 1.54) is 4.31 Å². The highest BCUT2D eigenvalue weighted by Crippen LogP contribution is 2.24. The molecule has 1 saturated heterocycles. The Kier molecular flexibility index (Phi) is 4.72. The molecule has 1 atom stereocenters. The van der Waals surface area contributed by atoms with E-state index in [1.807, 2.05) is 20.8 Å². The Balaban J connectivity index is 2.17. The molecule has 1 heterocycles. The first-order chi connectivity index (χ1) is 9.72. The summed E-state index contributed by atoms with van der Waals surface area (Å²) in [5, 5.41) is 9.14. The minimum atomic E-state index is -3.39. The second-order valence-electron chi connectivity index (χ2n) is 6.21. The van der Waals surface area contributed by atoms with Gasteiger partial charge in [-0.15, -0.1) is 0 Å². The first-order valence-corrected chi connectivity index (χ1v) is 8.67. The van der Waals surface area contributed by atoms with Crippen molar-refractivity contribution in [2.75, 3.05) is 13.1 Å². The number of hydrogen-bond donors (Lipinski definition) is 1. The maximum absolute atomic E-state index is 12.6. The van der Waals surface area contributed by atoms with E-state index in [4.69, 9.17) is 9.84 Å². The third-order valence-electron chi connectivity index (χ3n) is 3.45. The molecule has 6 heteroatoms. The lowest BCUT2D eigenvalue weighted by Gasteiger charge is -2.40. The molecule has 0 spiro atoms. The molecule has 118 valence electrons. The van der Waals surface area contributed by atoms with Gasteiger partial charge in [-0.2, -0.15) is 4.31 Å². The van der Waals surface area contributed by atoms with Crippen molar-refractivity contribution in [1.29, 1.82) is 0 Å². The van der Waals surface area contributed by atoms with Gasteiger partial charge in [-0.05, 0) is 31.9 Å². The molecule has 1 aliphatic rings. The van der Waals surface area contributed by atoms with Gasteiger partial charge in [0.2, 0.25) is 10.0 Å². The van der Waals surface area contributed by atoms with E-state index in [1.54, 1.807) is 24.3 Å². The topological polar surface area (TPSA) is 66.8 Å². The second kappa shape index (κ2) is 6.04. The third kappa shape index (κ3) is 4.26. The van der Waals surface area contributed by atoms with E-state index in [0.717, 1.165) is 5.56 Å². The number of nitrogens with zero attached hydrogens (tertiary/aromatic N) is 1. The van der Waals surface area contributed by atoms with Crippen molar-refractivity contribution < 1.29 is 18.3 Å². The number of rotatable bonds is 4. The van der Waals surface area contributed by atoms with Gasteiger partial charge in [0.05, 0.1) is 24.1 Å². The molecular weight excluding hydrogens is 290 g/mol. The molecule has 0 amide bonds. The number of aliphatic hydroxyl groups is 1. The lowest BCUT2D eigenvalue weighted by Crippen LogP contribution is -2.53. The molecular formula is C15H23NO4S. The van der Waals surface area contributed by atoms with E-state index in [2.05, 4.69) is 0 Å². The van der Waals surface area contributed by atoms with Crippen LogP contribution in [0.2, 0.25) is 0 Å². The fourth-order valence-corrected chi connectivity index (χ4v) is 4.45. The molecule has 1 aromatic carbocycles. The van der Waals surface area contributed by atoms with Crippen LogP contribution in [0.15, 0.2) is 24.3 Å². The minimum Gasteiger partial charge on any atom is -0.392 e. The maximum atomic E-state index is 12.6. The normalized spacial score (nSPS) is 23.1. The highest BCUT2D eigenvalue weighted by Gasteiger charge is 2.37. The summed E-state index contributed by atoms with van der Waals surface area (Å²) in [5.41, 5.74) is 0.939. The summed E-state index contributed by atoms with van der Waals surface area (Å²) in [6, 6.07) is 7.04. The second-order valence-corrected chi connectivity index (χ2v) is 8.18. The Bertz CT molecular complexity index is 597. The van der Waals surface area contributed by atoms with Gasteiger partial charge >= 0.3 is 0 Å². The van der Waals surface area contributed by atoms with Crippen LogP contribution in [0.1, 0.15) is 31.9 Å². The Morgan fingerprint density at radius 3 is 2.67 bits per heavy atom. The lowest BCUT2D eigenvalue weighted by atomic mass is 10.1. The fraction of sp³-hybridized carbons (Fsp3) is 0.600. The largest absolute Gasteiger partial charge is 0.392 e. The zero-order valence-electron chi connectivity index (χ0n) is 12.7. The van der Waals surface area contributed by atoms with Gasteiger partial charge in [-0.1, -0.05) is 24.3 Å². The van der Waals surface area contributed by atoms with Crippen LogP contribution in [0.25, 0.3) is 0 Å². The third-order valence-corrected chi connectivity index (χ3v) is 5.22. The van der Waals surface area contributed by atoms with Gasteiger partial charge < -0.3 is 9.84 Å². The zero-order valence-corrected chi connectivity index (χ0v) is 13.6. The monoisotopic (exact) mass is 313 g/mol. The van der Waals surface area contributed by atoms with Crippen molar-refractivity contribution in [2.45, 2.75) is 44.8 Å². The fourth-order valence-electron chi connectivity index (χ4n) is 2.73. The predicted molar refractivity (Wildman–Crippen MR) is 81.2 cm³/mol. The number of aliphatic hydroxyl groups excluding tert-OH is 1. The lowest BCUT2D eigenvalue weighted by molar-refractivity contribution is -0.109. The summed E-state index contributed by atoms with van der Waals surface area (Å²) in [7, 11) is -3.39. The molecule has 1 N–H and O–H groups in total. The van der Waals surface area contributed by atoms with E-state index >= 15 is 0 Å². The minimum absolute atomic E-state index is 0.0519. The Morgan fingerprint density at radius 2 is 2.05 bits per heavy atom. The Hall–Kier alpha value is -0.950. The molecule has 1 aliphatic heterocycles. The van der Waals surface area contributed by atoms with Gasteiger partial charge in [-0.25, -0.2) is 8.42 Å². The zero-order chi connectivity index (χ0) is 15.7. The van der Waals surface area contributed by atoms with Crippen molar-refractivity contribution >= 4 is 10.0 Å². The van der Waals surface area contributed by atoms with Crippen molar-refractivity contribution in [2.24, 2.45) is 0 Å². The summed E-state index contributed by atoms with van der Waals surface area (Å²) in [4.78, 5) is 0. The predicted octanol–water partition coefficient (Wildman–Crippen LogP) is 1.51. The standard InChI is InChI=1S/C15H23NO4S/c1-12-8-16(11-15(2,3)20-12)21(18,19)10-14-6-4-5-13(7-14)9-17/h4-7,12,17H,8-11H2,1-3H3. The molecule has 5 nitrogen and oxygen atoms in total. The average Bonchev–Trinajstić information content (AvgIpc) is 2.36. The summed E-state index contributed by atoms with van der Waals surface area (Å²) in [6.07, 6.45) is -0.118. The Labute approximate surface area is 126 Å². The molecule has 1 unspecified atom stereocenters. The summed E-state index contributed by atoms with van der Waals surface area (Å²) in [6.45, 7) is 6.34. The van der Waals surface area contributed by atoms with Crippen LogP contribution >= 0.6 is 0 Å². The quantitative estimate of drug-likeness (QED) is 0.915. The van der Waals surface area contributed by atoms with Crippen LogP contribution in [0.5, 0.6) is 0 Å². The molecule has 21 heavy (non-hydrogen) atoms. The van der Waals surface area contributed by atoms with Gasteiger partial charge in [0.25, 0.3) is 0 Å². The maximum Gasteiger partial charge on any atom is 0.218 e. The van der Waals surface area contributed by atoms with Crippen molar-refractivity contribution in [3.8, 4) is 0 Å². The molecule has 0 radical (unpaired) electrons. The molecule has 0 aromatic heterocycles. The van der Waals surface area contributed by atoms with Crippen LogP contribution in [-0.4, -0.2) is 42.6 Å². The van der Waals surface area contributed by atoms with E-state index in [9.17, 15) is 8.42 Å². The number of sulfonamides is 1. The molecule has 0 aliphatic carbocycles. The first-order valence-electron chi connectivity index (χ1n) is 7.06. The molecule has 2 rings (SSSR count). The smallest absolute Gasteiger partial charge is 0.218 e. The van der Waals surface area contributed by atoms with Gasteiger partial charge in [0.1, 0.15) is 0 Å². The summed E-state index contributed by atoms with van der Waals surface area (Å²) < 4.78 is 32.4. The summed E-state index contributed by atoms with van der Waals surface area (Å²) in [5.74, 6) is -0.0519. The van der Waals surface area contributed by atoms with Crippen molar-refractivity contribution in [3.05, 3.63) is 35.4 Å². The number of benzene rings is 1. The van der Waals surface area contributed by atoms with Gasteiger partial charge in [0, 0.05) is 13.1 Å². The van der Waals surface area contributed by atoms with Crippen LogP contribution in [-0.2, 0) is 27.1 Å². The summed E-state index contributed by atoms with van der Waals surface area (Å²) >= 11 is 0. The highest BCUT2D eigenvalue weighted by atomic mass is 32.2. The molecule has 0 bridgehead atoms. The van der Waals surface area contributed by atoms with Crippen molar-refractivity contribution in [1.82, 2.24) is 4.31 Å².